The molecule has 5 nitrogen and oxygen atoms in total. The van der Waals surface area contributed by atoms with Gasteiger partial charge >= 0.3 is 5.97 Å². The summed E-state index contributed by atoms with van der Waals surface area (Å²) in [6.45, 7) is 0.223. The van der Waals surface area contributed by atoms with E-state index in [0.717, 1.165) is 0 Å². The third kappa shape index (κ3) is 2.08. The number of carbonyl (C=O) groups is 3. The second-order valence-corrected chi connectivity index (χ2v) is 4.58. The zero-order valence-electron chi connectivity index (χ0n) is 9.02. The summed E-state index contributed by atoms with van der Waals surface area (Å²) in [6.07, 6.45) is 2.65. The number of Topliss-reactive ketones (excluding diaryl/α,β-unsaturated/α-hetero) is 1. The molecule has 0 atom stereocenters. The Kier molecular flexibility index (Phi) is 2.94. The van der Waals surface area contributed by atoms with Crippen LogP contribution in [0, 0.1) is 5.92 Å². The fourth-order valence-electron chi connectivity index (χ4n) is 2.57. The summed E-state index contributed by atoms with van der Waals surface area (Å²) in [5.41, 5.74) is 0. The summed E-state index contributed by atoms with van der Waals surface area (Å²) in [6, 6.07) is 0.0783. The summed E-state index contributed by atoms with van der Waals surface area (Å²) >= 11 is 0. The lowest BCUT2D eigenvalue weighted by Crippen LogP contribution is -2.40. The van der Waals surface area contributed by atoms with Crippen molar-refractivity contribution in [2.24, 2.45) is 5.92 Å². The Hall–Kier alpha value is -1.39. The number of likely N-dealkylation sites (tertiary alicyclic amines) is 1. The first kappa shape index (κ1) is 11.1. The summed E-state index contributed by atoms with van der Waals surface area (Å²) < 4.78 is 0. The maximum absolute atomic E-state index is 11.5. The van der Waals surface area contributed by atoms with Gasteiger partial charge in [-0.25, -0.2) is 0 Å². The molecular weight excluding hydrogens is 210 g/mol. The van der Waals surface area contributed by atoms with E-state index in [1.54, 1.807) is 4.90 Å². The molecule has 0 radical (unpaired) electrons. The van der Waals surface area contributed by atoms with Gasteiger partial charge in [-0.2, -0.15) is 0 Å². The molecule has 2 rings (SSSR count). The van der Waals surface area contributed by atoms with Crippen molar-refractivity contribution in [1.82, 2.24) is 4.90 Å². The van der Waals surface area contributed by atoms with Gasteiger partial charge in [-0.15, -0.1) is 0 Å². The second-order valence-electron chi connectivity index (χ2n) is 4.58. The van der Waals surface area contributed by atoms with Crippen LogP contribution in [0.5, 0.6) is 0 Å². The molecule has 0 bridgehead atoms. The monoisotopic (exact) mass is 225 g/mol. The van der Waals surface area contributed by atoms with Gasteiger partial charge in [-0.1, -0.05) is 0 Å². The Bertz CT molecular complexity index is 331. The molecule has 1 heterocycles. The van der Waals surface area contributed by atoms with Crippen molar-refractivity contribution in [3.63, 3.8) is 0 Å². The number of carboxylic acid groups (broad SMARTS) is 1. The zero-order chi connectivity index (χ0) is 11.7. The lowest BCUT2D eigenvalue weighted by atomic mass is 9.85. The quantitative estimate of drug-likeness (QED) is 0.691. The van der Waals surface area contributed by atoms with Crippen LogP contribution in [-0.4, -0.2) is 40.3 Å². The number of carboxylic acids is 1. The van der Waals surface area contributed by atoms with E-state index in [1.165, 1.54) is 0 Å². The highest BCUT2D eigenvalue weighted by atomic mass is 16.4. The SMILES string of the molecule is O=C1CC(=O)N(C2CCC(C(=O)O)CC2)C1. The summed E-state index contributed by atoms with van der Waals surface area (Å²) in [5.74, 6) is -1.14. The number of hydrogen-bond donors (Lipinski definition) is 1. The first-order chi connectivity index (χ1) is 7.58. The number of carbonyl (C=O) groups excluding carboxylic acids is 2. The van der Waals surface area contributed by atoms with Crippen molar-refractivity contribution in [3.8, 4) is 0 Å². The molecule has 1 saturated carbocycles. The van der Waals surface area contributed by atoms with E-state index in [1.807, 2.05) is 0 Å². The van der Waals surface area contributed by atoms with Crippen molar-refractivity contribution in [2.75, 3.05) is 6.54 Å². The molecule has 1 aliphatic heterocycles. The van der Waals surface area contributed by atoms with Crippen molar-refractivity contribution >= 4 is 17.7 Å². The predicted octanol–water partition coefficient (Wildman–Crippen LogP) is 0.431. The van der Waals surface area contributed by atoms with E-state index in [2.05, 4.69) is 0 Å². The summed E-state index contributed by atoms with van der Waals surface area (Å²) in [5, 5.41) is 8.85. The topological polar surface area (TPSA) is 74.7 Å². The highest BCUT2D eigenvalue weighted by Crippen LogP contribution is 2.29. The molecule has 5 heteroatoms. The molecule has 1 amide bonds. The van der Waals surface area contributed by atoms with Gasteiger partial charge in [0.05, 0.1) is 18.9 Å². The van der Waals surface area contributed by atoms with Gasteiger partial charge in [-0.3, -0.25) is 14.4 Å². The Balaban J connectivity index is 1.92. The van der Waals surface area contributed by atoms with E-state index < -0.39 is 5.97 Å². The Labute approximate surface area is 93.4 Å². The Morgan fingerprint density at radius 3 is 2.25 bits per heavy atom. The maximum Gasteiger partial charge on any atom is 0.306 e. The predicted molar refractivity (Wildman–Crippen MR) is 54.7 cm³/mol. The van der Waals surface area contributed by atoms with Crippen LogP contribution < -0.4 is 0 Å². The average Bonchev–Trinajstić information content (AvgIpc) is 2.58. The Morgan fingerprint density at radius 2 is 1.81 bits per heavy atom. The molecule has 2 fully saturated rings. The number of ketones is 1. The fraction of sp³-hybridized carbons (Fsp3) is 0.727. The third-order valence-corrected chi connectivity index (χ3v) is 3.50. The molecule has 0 aromatic heterocycles. The highest BCUT2D eigenvalue weighted by molar-refractivity contribution is 6.05. The normalized spacial score (nSPS) is 30.9. The van der Waals surface area contributed by atoms with Crippen molar-refractivity contribution in [1.29, 1.82) is 0 Å². The van der Waals surface area contributed by atoms with Crippen LogP contribution in [-0.2, 0) is 14.4 Å². The molecule has 88 valence electrons. The van der Waals surface area contributed by atoms with Crippen LogP contribution in [0.1, 0.15) is 32.1 Å². The van der Waals surface area contributed by atoms with E-state index >= 15 is 0 Å². The molecule has 1 N–H and O–H groups in total. The zero-order valence-corrected chi connectivity index (χ0v) is 9.02. The van der Waals surface area contributed by atoms with E-state index in [9.17, 15) is 14.4 Å². The number of nitrogens with zero attached hydrogens (tertiary/aromatic N) is 1. The van der Waals surface area contributed by atoms with Gasteiger partial charge in [0.1, 0.15) is 0 Å². The largest absolute Gasteiger partial charge is 0.481 e. The third-order valence-electron chi connectivity index (χ3n) is 3.50. The summed E-state index contributed by atoms with van der Waals surface area (Å²) in [4.78, 5) is 35.0. The highest BCUT2D eigenvalue weighted by Gasteiger charge is 2.36. The molecule has 0 spiro atoms. The van der Waals surface area contributed by atoms with E-state index in [-0.39, 0.29) is 36.6 Å². The van der Waals surface area contributed by atoms with Gasteiger partial charge in [0, 0.05) is 6.04 Å². The molecule has 2 aliphatic rings. The molecule has 1 aliphatic carbocycles. The van der Waals surface area contributed by atoms with Gasteiger partial charge in [-0.05, 0) is 25.7 Å². The molecule has 16 heavy (non-hydrogen) atoms. The number of hydrogen-bond acceptors (Lipinski definition) is 3. The van der Waals surface area contributed by atoms with Gasteiger partial charge in [0.25, 0.3) is 0 Å². The minimum absolute atomic E-state index is 0.0228. The first-order valence-corrected chi connectivity index (χ1v) is 5.62. The average molecular weight is 225 g/mol. The molecule has 0 unspecified atom stereocenters. The van der Waals surface area contributed by atoms with Crippen LogP contribution in [0.3, 0.4) is 0 Å². The molecule has 1 saturated heterocycles. The Morgan fingerprint density at radius 1 is 1.19 bits per heavy atom. The van der Waals surface area contributed by atoms with Crippen LogP contribution in [0.15, 0.2) is 0 Å². The second kappa shape index (κ2) is 4.23. The number of amides is 1. The lowest BCUT2D eigenvalue weighted by Gasteiger charge is -2.32. The van der Waals surface area contributed by atoms with Crippen LogP contribution in [0.25, 0.3) is 0 Å². The fourth-order valence-corrected chi connectivity index (χ4v) is 2.57. The minimum Gasteiger partial charge on any atom is -0.481 e. The van der Waals surface area contributed by atoms with E-state index in [0.29, 0.717) is 25.7 Å². The lowest BCUT2D eigenvalue weighted by molar-refractivity contribution is -0.143. The van der Waals surface area contributed by atoms with Crippen molar-refractivity contribution in [3.05, 3.63) is 0 Å². The molecule has 0 aromatic rings. The van der Waals surface area contributed by atoms with Gasteiger partial charge in [0.15, 0.2) is 5.78 Å². The smallest absolute Gasteiger partial charge is 0.306 e. The van der Waals surface area contributed by atoms with Gasteiger partial charge < -0.3 is 10.0 Å². The summed E-state index contributed by atoms with van der Waals surface area (Å²) in [7, 11) is 0. The first-order valence-electron chi connectivity index (χ1n) is 5.62. The van der Waals surface area contributed by atoms with Crippen molar-refractivity contribution < 1.29 is 19.5 Å². The number of rotatable bonds is 2. The molecule has 0 aromatic carbocycles. The minimum atomic E-state index is -0.748. The molecular formula is C11H15NO4. The van der Waals surface area contributed by atoms with Crippen LogP contribution in [0.4, 0.5) is 0 Å². The standard InChI is InChI=1S/C11H15NO4/c13-9-5-10(14)12(6-9)8-3-1-7(2-4-8)11(15)16/h7-8H,1-6H2,(H,15,16). The van der Waals surface area contributed by atoms with Gasteiger partial charge in [0.2, 0.25) is 5.91 Å². The number of aliphatic carboxylic acids is 1. The van der Waals surface area contributed by atoms with Crippen LogP contribution in [0.2, 0.25) is 0 Å². The van der Waals surface area contributed by atoms with E-state index in [4.69, 9.17) is 5.11 Å². The maximum atomic E-state index is 11.5. The van der Waals surface area contributed by atoms with Crippen molar-refractivity contribution in [2.45, 2.75) is 38.1 Å². The van der Waals surface area contributed by atoms with Crippen LogP contribution >= 0.6 is 0 Å².